The average Bonchev–Trinajstić information content (AvgIpc) is 2.28. The molecule has 1 rings (SSSR count). The molecule has 17 heavy (non-hydrogen) atoms. The molecule has 0 aromatic carbocycles. The van der Waals surface area contributed by atoms with Gasteiger partial charge in [0.05, 0.1) is 0 Å². The fourth-order valence-electron chi connectivity index (χ4n) is 1.86. The molecule has 96 valence electrons. The molecule has 0 bridgehead atoms. The van der Waals surface area contributed by atoms with Gasteiger partial charge in [-0.05, 0) is 19.3 Å². The molecule has 0 spiro atoms. The summed E-state index contributed by atoms with van der Waals surface area (Å²) in [6.45, 7) is 0.655. The van der Waals surface area contributed by atoms with E-state index in [0.717, 1.165) is 6.42 Å². The number of primary amides is 1. The zero-order valence-electron chi connectivity index (χ0n) is 9.44. The molecule has 0 aromatic heterocycles. The minimum atomic E-state index is -2.07. The third-order valence-electron chi connectivity index (χ3n) is 2.96. The number of aliphatic hydroxyl groups is 1. The molecule has 5 N–H and O–H groups in total. The minimum absolute atomic E-state index is 0.0703. The van der Waals surface area contributed by atoms with Gasteiger partial charge < -0.3 is 21.5 Å². The maximum absolute atomic E-state index is 11.4. The summed E-state index contributed by atoms with van der Waals surface area (Å²) in [6, 6.07) is 0. The van der Waals surface area contributed by atoms with Crippen LogP contribution in [0.2, 0.25) is 0 Å². The standard InChI is InChI=1S/C10H17N3O4/c11-9(16)10(17,13-6-14)4-3-7-2-1-5-12-8(7)15/h6-7,17H,1-5H2,(H2,11,16)(H,12,15)(H,13,14)/t7-,10?/m0/s1. The Hall–Kier alpha value is -1.63. The van der Waals surface area contributed by atoms with E-state index in [9.17, 15) is 19.5 Å². The van der Waals surface area contributed by atoms with Crippen molar-refractivity contribution in [1.29, 1.82) is 0 Å². The zero-order valence-corrected chi connectivity index (χ0v) is 9.44. The summed E-state index contributed by atoms with van der Waals surface area (Å²) in [5.74, 6) is -1.36. The van der Waals surface area contributed by atoms with Crippen LogP contribution in [0.3, 0.4) is 0 Å². The molecule has 0 saturated carbocycles. The quantitative estimate of drug-likeness (QED) is 0.325. The van der Waals surface area contributed by atoms with E-state index in [1.54, 1.807) is 0 Å². The van der Waals surface area contributed by atoms with Crippen LogP contribution in [0.15, 0.2) is 0 Å². The van der Waals surface area contributed by atoms with Crippen molar-refractivity contribution >= 4 is 18.2 Å². The molecule has 1 unspecified atom stereocenters. The molecular weight excluding hydrogens is 226 g/mol. The van der Waals surface area contributed by atoms with Gasteiger partial charge in [-0.2, -0.15) is 0 Å². The first-order chi connectivity index (χ1) is 7.99. The summed E-state index contributed by atoms with van der Waals surface area (Å²) in [6.07, 6.45) is 2.02. The SMILES string of the molecule is NC(=O)C(O)(CC[C@@H]1CCCNC1=O)NC=O. The maximum Gasteiger partial charge on any atom is 0.270 e. The van der Waals surface area contributed by atoms with Crippen LogP contribution in [-0.4, -0.2) is 35.6 Å². The lowest BCUT2D eigenvalue weighted by Gasteiger charge is -2.27. The Kier molecular flexibility index (Phi) is 4.45. The number of hydrogen-bond acceptors (Lipinski definition) is 4. The van der Waals surface area contributed by atoms with Crippen molar-refractivity contribution in [2.45, 2.75) is 31.4 Å². The van der Waals surface area contributed by atoms with E-state index in [4.69, 9.17) is 5.73 Å². The lowest BCUT2D eigenvalue weighted by atomic mass is 9.90. The Balaban J connectivity index is 2.54. The Labute approximate surface area is 98.7 Å². The normalized spacial score (nSPS) is 23.4. The van der Waals surface area contributed by atoms with Crippen LogP contribution in [-0.2, 0) is 14.4 Å². The van der Waals surface area contributed by atoms with Gasteiger partial charge >= 0.3 is 0 Å². The Morgan fingerprint density at radius 3 is 2.94 bits per heavy atom. The smallest absolute Gasteiger partial charge is 0.270 e. The molecule has 7 heteroatoms. The second-order valence-corrected chi connectivity index (χ2v) is 4.16. The van der Waals surface area contributed by atoms with Crippen LogP contribution in [0.25, 0.3) is 0 Å². The van der Waals surface area contributed by atoms with Crippen molar-refractivity contribution in [2.75, 3.05) is 6.54 Å². The minimum Gasteiger partial charge on any atom is -0.365 e. The molecule has 1 heterocycles. The second-order valence-electron chi connectivity index (χ2n) is 4.16. The summed E-state index contributed by atoms with van der Waals surface area (Å²) in [4.78, 5) is 32.7. The number of rotatable bonds is 6. The average molecular weight is 243 g/mol. The lowest BCUT2D eigenvalue weighted by Crippen LogP contribution is -2.55. The molecule has 1 aliphatic heterocycles. The molecule has 7 nitrogen and oxygen atoms in total. The molecule has 1 aliphatic rings. The largest absolute Gasteiger partial charge is 0.365 e. The molecule has 1 saturated heterocycles. The van der Waals surface area contributed by atoms with Crippen molar-refractivity contribution in [2.24, 2.45) is 11.7 Å². The zero-order chi connectivity index (χ0) is 12.9. The van der Waals surface area contributed by atoms with Crippen molar-refractivity contribution in [1.82, 2.24) is 10.6 Å². The van der Waals surface area contributed by atoms with E-state index in [-0.39, 0.29) is 24.7 Å². The van der Waals surface area contributed by atoms with E-state index in [2.05, 4.69) is 5.32 Å². The molecule has 0 radical (unpaired) electrons. The number of amides is 3. The molecule has 3 amide bonds. The second kappa shape index (κ2) is 5.62. The molecule has 0 aliphatic carbocycles. The van der Waals surface area contributed by atoms with Crippen molar-refractivity contribution < 1.29 is 19.5 Å². The van der Waals surface area contributed by atoms with E-state index in [1.807, 2.05) is 5.32 Å². The summed E-state index contributed by atoms with van der Waals surface area (Å²) in [5.41, 5.74) is 2.93. The molecular formula is C10H17N3O4. The van der Waals surface area contributed by atoms with Gasteiger partial charge in [0, 0.05) is 18.9 Å². The van der Waals surface area contributed by atoms with Crippen molar-refractivity contribution in [3.05, 3.63) is 0 Å². The lowest BCUT2D eigenvalue weighted by molar-refractivity contribution is -0.145. The number of hydrogen-bond donors (Lipinski definition) is 4. The van der Waals surface area contributed by atoms with Crippen LogP contribution < -0.4 is 16.4 Å². The third kappa shape index (κ3) is 3.42. The van der Waals surface area contributed by atoms with Gasteiger partial charge in [0.15, 0.2) is 0 Å². The summed E-state index contributed by atoms with van der Waals surface area (Å²) in [5, 5.41) is 14.4. The van der Waals surface area contributed by atoms with Gasteiger partial charge in [-0.25, -0.2) is 0 Å². The van der Waals surface area contributed by atoms with Crippen LogP contribution in [0.4, 0.5) is 0 Å². The summed E-state index contributed by atoms with van der Waals surface area (Å²) in [7, 11) is 0. The van der Waals surface area contributed by atoms with Crippen LogP contribution in [0.1, 0.15) is 25.7 Å². The van der Waals surface area contributed by atoms with Crippen LogP contribution in [0.5, 0.6) is 0 Å². The number of piperidine rings is 1. The van der Waals surface area contributed by atoms with Gasteiger partial charge in [-0.3, -0.25) is 14.4 Å². The highest BCUT2D eigenvalue weighted by molar-refractivity contribution is 5.85. The molecule has 1 fully saturated rings. The summed E-state index contributed by atoms with van der Waals surface area (Å²) >= 11 is 0. The van der Waals surface area contributed by atoms with Crippen molar-refractivity contribution in [3.63, 3.8) is 0 Å². The topological polar surface area (TPSA) is 122 Å². The first-order valence-corrected chi connectivity index (χ1v) is 5.51. The van der Waals surface area contributed by atoms with Crippen molar-refractivity contribution in [3.8, 4) is 0 Å². The monoisotopic (exact) mass is 243 g/mol. The van der Waals surface area contributed by atoms with Gasteiger partial charge in [0.2, 0.25) is 18.0 Å². The van der Waals surface area contributed by atoms with E-state index in [1.165, 1.54) is 0 Å². The van der Waals surface area contributed by atoms with Gasteiger partial charge in [-0.1, -0.05) is 0 Å². The van der Waals surface area contributed by atoms with Gasteiger partial charge in [0.25, 0.3) is 5.91 Å². The van der Waals surface area contributed by atoms with E-state index in [0.29, 0.717) is 19.4 Å². The fourth-order valence-corrected chi connectivity index (χ4v) is 1.86. The molecule has 0 aromatic rings. The summed E-state index contributed by atoms with van der Waals surface area (Å²) < 4.78 is 0. The Bertz CT molecular complexity index is 321. The highest BCUT2D eigenvalue weighted by atomic mass is 16.3. The number of carbonyl (C=O) groups excluding carboxylic acids is 3. The highest BCUT2D eigenvalue weighted by Crippen LogP contribution is 2.21. The Morgan fingerprint density at radius 1 is 1.71 bits per heavy atom. The Morgan fingerprint density at radius 2 is 2.41 bits per heavy atom. The first kappa shape index (κ1) is 13.4. The van der Waals surface area contributed by atoms with Crippen LogP contribution in [0, 0.1) is 5.92 Å². The highest BCUT2D eigenvalue weighted by Gasteiger charge is 2.35. The third-order valence-corrected chi connectivity index (χ3v) is 2.96. The van der Waals surface area contributed by atoms with E-state index < -0.39 is 11.6 Å². The van der Waals surface area contributed by atoms with Crippen LogP contribution >= 0.6 is 0 Å². The number of nitrogens with one attached hydrogen (secondary N) is 2. The van der Waals surface area contributed by atoms with Gasteiger partial charge in [0.1, 0.15) is 0 Å². The van der Waals surface area contributed by atoms with Gasteiger partial charge in [-0.15, -0.1) is 0 Å². The number of nitrogens with two attached hydrogens (primary N) is 1. The fraction of sp³-hybridized carbons (Fsp3) is 0.700. The predicted octanol–water partition coefficient (Wildman–Crippen LogP) is -1.79. The molecule has 2 atom stereocenters. The first-order valence-electron chi connectivity index (χ1n) is 5.51. The number of carbonyl (C=O) groups is 3. The predicted molar refractivity (Wildman–Crippen MR) is 58.3 cm³/mol. The van der Waals surface area contributed by atoms with E-state index >= 15 is 0 Å². The maximum atomic E-state index is 11.4.